The summed E-state index contributed by atoms with van der Waals surface area (Å²) < 4.78 is 0. The minimum atomic E-state index is 1.04. The maximum absolute atomic E-state index is 3.99. The van der Waals surface area contributed by atoms with Crippen LogP contribution in [0.25, 0.3) is 27.8 Å². The SMILES string of the molecule is C=C(C)/C=C\C(=C/C)c1ccc(N(c2ccc(-c3ccccc3)cc2)c2cccc(-c3ccccc3)c2)cc1. The Labute approximate surface area is 232 Å². The fourth-order valence-electron chi connectivity index (χ4n) is 4.73. The summed E-state index contributed by atoms with van der Waals surface area (Å²) in [6, 6.07) is 47.4. The summed E-state index contributed by atoms with van der Waals surface area (Å²) in [5.41, 5.74) is 11.5. The number of anilines is 3. The molecule has 39 heavy (non-hydrogen) atoms. The van der Waals surface area contributed by atoms with Gasteiger partial charge in [-0.05, 0) is 83.6 Å². The zero-order valence-electron chi connectivity index (χ0n) is 22.6. The molecule has 0 amide bonds. The fourth-order valence-corrected chi connectivity index (χ4v) is 4.73. The zero-order chi connectivity index (χ0) is 27.0. The van der Waals surface area contributed by atoms with Gasteiger partial charge in [-0.3, -0.25) is 0 Å². The van der Waals surface area contributed by atoms with Gasteiger partial charge in [0.05, 0.1) is 0 Å². The van der Waals surface area contributed by atoms with Gasteiger partial charge in [0.2, 0.25) is 0 Å². The van der Waals surface area contributed by atoms with Crippen LogP contribution >= 0.6 is 0 Å². The van der Waals surface area contributed by atoms with Crippen molar-refractivity contribution in [3.8, 4) is 22.3 Å². The molecule has 0 aromatic heterocycles. The Hall–Kier alpha value is -4.88. The first-order valence-corrected chi connectivity index (χ1v) is 13.3. The Balaban J connectivity index is 1.56. The minimum absolute atomic E-state index is 1.04. The molecule has 190 valence electrons. The van der Waals surface area contributed by atoms with Crippen molar-refractivity contribution in [2.45, 2.75) is 13.8 Å². The fraction of sp³-hybridized carbons (Fsp3) is 0.0526. The van der Waals surface area contributed by atoms with Gasteiger partial charge >= 0.3 is 0 Å². The molecule has 0 radical (unpaired) electrons. The summed E-state index contributed by atoms with van der Waals surface area (Å²) >= 11 is 0. The average Bonchev–Trinajstić information content (AvgIpc) is 3.00. The lowest BCUT2D eigenvalue weighted by Gasteiger charge is -2.26. The molecule has 1 heteroatoms. The molecule has 0 unspecified atom stereocenters. The van der Waals surface area contributed by atoms with Crippen LogP contribution in [-0.4, -0.2) is 0 Å². The number of nitrogens with zero attached hydrogens (tertiary/aromatic N) is 1. The molecule has 5 rings (SSSR count). The molecule has 0 fully saturated rings. The lowest BCUT2D eigenvalue weighted by Crippen LogP contribution is -2.10. The molecule has 0 aliphatic carbocycles. The van der Waals surface area contributed by atoms with Crippen LogP contribution < -0.4 is 4.90 Å². The molecule has 0 saturated heterocycles. The lowest BCUT2D eigenvalue weighted by molar-refractivity contribution is 1.28. The van der Waals surface area contributed by atoms with E-state index in [4.69, 9.17) is 0 Å². The summed E-state index contributed by atoms with van der Waals surface area (Å²) in [6.45, 7) is 8.08. The van der Waals surface area contributed by atoms with Crippen LogP contribution in [0.1, 0.15) is 19.4 Å². The van der Waals surface area contributed by atoms with Gasteiger partial charge in [0.15, 0.2) is 0 Å². The van der Waals surface area contributed by atoms with Gasteiger partial charge < -0.3 is 4.90 Å². The van der Waals surface area contributed by atoms with Crippen molar-refractivity contribution in [3.63, 3.8) is 0 Å². The van der Waals surface area contributed by atoms with Crippen LogP contribution in [-0.2, 0) is 0 Å². The average molecular weight is 504 g/mol. The lowest BCUT2D eigenvalue weighted by atomic mass is 10.0. The first kappa shape index (κ1) is 25.8. The molecule has 0 atom stereocenters. The maximum atomic E-state index is 3.99. The monoisotopic (exact) mass is 503 g/mol. The third kappa shape index (κ3) is 6.17. The van der Waals surface area contributed by atoms with Crippen molar-refractivity contribution >= 4 is 22.6 Å². The van der Waals surface area contributed by atoms with E-state index in [0.717, 1.165) is 22.6 Å². The summed E-state index contributed by atoms with van der Waals surface area (Å²) in [6.07, 6.45) is 6.32. The van der Waals surface area contributed by atoms with E-state index < -0.39 is 0 Å². The molecule has 0 heterocycles. The van der Waals surface area contributed by atoms with E-state index in [-0.39, 0.29) is 0 Å². The van der Waals surface area contributed by atoms with Gasteiger partial charge in [-0.1, -0.05) is 127 Å². The number of rotatable bonds is 8. The van der Waals surface area contributed by atoms with Gasteiger partial charge in [-0.15, -0.1) is 0 Å². The Bertz CT molecular complexity index is 1590. The molecule has 5 aromatic carbocycles. The molecule has 5 aromatic rings. The van der Waals surface area contributed by atoms with E-state index in [1.54, 1.807) is 0 Å². The standard InChI is InChI=1S/C38H33N/c1-4-30(19-18-29(2)3)33-20-24-36(25-21-33)39(37-26-22-34(23-27-37)31-12-7-5-8-13-31)38-17-11-16-35(28-38)32-14-9-6-10-15-32/h4-28H,2H2,1,3H3/b19-18-,30-4+. The summed E-state index contributed by atoms with van der Waals surface area (Å²) in [4.78, 5) is 2.32. The molecule has 0 spiro atoms. The van der Waals surface area contributed by atoms with Crippen LogP contribution in [0.2, 0.25) is 0 Å². The molecular formula is C38H33N. The second kappa shape index (κ2) is 12.1. The largest absolute Gasteiger partial charge is 0.310 e. The molecular weight excluding hydrogens is 470 g/mol. The van der Waals surface area contributed by atoms with Crippen molar-refractivity contribution in [1.29, 1.82) is 0 Å². The quantitative estimate of drug-likeness (QED) is 0.190. The highest BCUT2D eigenvalue weighted by Gasteiger charge is 2.14. The van der Waals surface area contributed by atoms with Crippen molar-refractivity contribution in [1.82, 2.24) is 0 Å². The smallest absolute Gasteiger partial charge is 0.0467 e. The van der Waals surface area contributed by atoms with E-state index >= 15 is 0 Å². The molecule has 0 aliphatic heterocycles. The van der Waals surface area contributed by atoms with Gasteiger partial charge in [0, 0.05) is 17.1 Å². The Morgan fingerprint density at radius 2 is 1.05 bits per heavy atom. The first-order valence-electron chi connectivity index (χ1n) is 13.3. The predicted octanol–water partition coefficient (Wildman–Crippen LogP) is 11.0. The molecule has 0 N–H and O–H groups in total. The van der Waals surface area contributed by atoms with Crippen LogP contribution in [0.3, 0.4) is 0 Å². The van der Waals surface area contributed by atoms with Gasteiger partial charge in [0.25, 0.3) is 0 Å². The van der Waals surface area contributed by atoms with Gasteiger partial charge in [-0.25, -0.2) is 0 Å². The highest BCUT2D eigenvalue weighted by atomic mass is 15.1. The first-order chi connectivity index (χ1) is 19.1. The number of allylic oxidation sites excluding steroid dienone is 5. The number of hydrogen-bond donors (Lipinski definition) is 0. The molecule has 1 nitrogen and oxygen atoms in total. The van der Waals surface area contributed by atoms with Crippen molar-refractivity contribution in [2.75, 3.05) is 4.90 Å². The van der Waals surface area contributed by atoms with Crippen molar-refractivity contribution in [3.05, 3.63) is 169 Å². The second-order valence-electron chi connectivity index (χ2n) is 9.64. The molecule has 0 bridgehead atoms. The normalized spacial score (nSPS) is 11.5. The number of hydrogen-bond acceptors (Lipinski definition) is 1. The number of benzene rings is 5. The molecule has 0 aliphatic rings. The van der Waals surface area contributed by atoms with Crippen LogP contribution in [0.15, 0.2) is 164 Å². The highest BCUT2D eigenvalue weighted by Crippen LogP contribution is 2.38. The van der Waals surface area contributed by atoms with Gasteiger partial charge in [0.1, 0.15) is 0 Å². The van der Waals surface area contributed by atoms with Gasteiger partial charge in [-0.2, -0.15) is 0 Å². The maximum Gasteiger partial charge on any atom is 0.0467 e. The van der Waals surface area contributed by atoms with Crippen molar-refractivity contribution < 1.29 is 0 Å². The Kier molecular flexibility index (Phi) is 8.00. The molecule has 0 saturated carbocycles. The topological polar surface area (TPSA) is 3.24 Å². The van der Waals surface area contributed by atoms with E-state index in [1.807, 2.05) is 6.92 Å². The van der Waals surface area contributed by atoms with E-state index in [1.165, 1.54) is 33.4 Å². The van der Waals surface area contributed by atoms with Crippen LogP contribution in [0.5, 0.6) is 0 Å². The summed E-state index contributed by atoms with van der Waals surface area (Å²) in [5, 5.41) is 0. The zero-order valence-corrected chi connectivity index (χ0v) is 22.6. The Morgan fingerprint density at radius 1 is 0.538 bits per heavy atom. The Morgan fingerprint density at radius 3 is 1.62 bits per heavy atom. The van der Waals surface area contributed by atoms with Crippen LogP contribution in [0, 0.1) is 0 Å². The predicted molar refractivity (Wildman–Crippen MR) is 170 cm³/mol. The second-order valence-corrected chi connectivity index (χ2v) is 9.64. The minimum Gasteiger partial charge on any atom is -0.310 e. The van der Waals surface area contributed by atoms with Crippen LogP contribution in [0.4, 0.5) is 17.1 Å². The third-order valence-corrected chi connectivity index (χ3v) is 6.76. The summed E-state index contributed by atoms with van der Waals surface area (Å²) in [5.74, 6) is 0. The highest BCUT2D eigenvalue weighted by molar-refractivity contribution is 5.82. The van der Waals surface area contributed by atoms with Crippen molar-refractivity contribution in [2.24, 2.45) is 0 Å². The summed E-state index contributed by atoms with van der Waals surface area (Å²) in [7, 11) is 0. The third-order valence-electron chi connectivity index (χ3n) is 6.76. The van der Waals surface area contributed by atoms with E-state index in [9.17, 15) is 0 Å². The van der Waals surface area contributed by atoms with E-state index in [0.29, 0.717) is 0 Å². The van der Waals surface area contributed by atoms with E-state index in [2.05, 4.69) is 170 Å².